The fraction of sp³-hybridized carbons (Fsp3) is 0.385. The third-order valence-electron chi connectivity index (χ3n) is 3.21. The second-order valence-electron chi connectivity index (χ2n) is 4.55. The van der Waals surface area contributed by atoms with Crippen LogP contribution in [-0.4, -0.2) is 36.2 Å². The Morgan fingerprint density at radius 1 is 1.33 bits per heavy atom. The predicted molar refractivity (Wildman–Crippen MR) is 77.2 cm³/mol. The Hall–Kier alpha value is -0.950. The molecule has 4 nitrogen and oxygen atoms in total. The Bertz CT molecular complexity index is 459. The van der Waals surface area contributed by atoms with Crippen LogP contribution in [0.2, 0.25) is 0 Å². The van der Waals surface area contributed by atoms with Gasteiger partial charge in [0.05, 0.1) is 12.5 Å². The number of Topliss-reactive ketones (excluding diaryl/α,β-unsaturated/α-hetero) is 1. The lowest BCUT2D eigenvalue weighted by Crippen LogP contribution is -2.31. The second-order valence-corrected chi connectivity index (χ2v) is 5.80. The summed E-state index contributed by atoms with van der Waals surface area (Å²) in [6.45, 7) is 1.74. The predicted octanol–water partition coefficient (Wildman–Crippen LogP) is 1.28. The van der Waals surface area contributed by atoms with E-state index in [0.29, 0.717) is 13.1 Å². The molecule has 1 aliphatic rings. The molecule has 5 heteroatoms. The molecule has 0 aliphatic carbocycles. The Labute approximate surface area is 120 Å². The van der Waals surface area contributed by atoms with Gasteiger partial charge in [-0.05, 0) is 47.7 Å². The van der Waals surface area contributed by atoms with Crippen LogP contribution in [0.15, 0.2) is 24.3 Å². The quantitative estimate of drug-likeness (QED) is 0.652. The lowest BCUT2D eigenvalue weighted by Gasteiger charge is -2.14. The number of likely N-dealkylation sites (tertiary alicyclic amines) is 1. The van der Waals surface area contributed by atoms with Gasteiger partial charge in [-0.25, -0.2) is 0 Å². The smallest absolute Gasteiger partial charge is 0.221 e. The SMILES string of the molecule is NC(=O)C1CCN(CC(=O)c2ccc(I)cc2)C1. The number of nitrogens with two attached hydrogens (primary N) is 1. The van der Waals surface area contributed by atoms with E-state index >= 15 is 0 Å². The van der Waals surface area contributed by atoms with E-state index in [-0.39, 0.29) is 17.6 Å². The van der Waals surface area contributed by atoms with E-state index in [9.17, 15) is 9.59 Å². The number of nitrogens with zero attached hydrogens (tertiary/aromatic N) is 1. The molecular formula is C13H15IN2O2. The molecule has 0 radical (unpaired) electrons. The molecule has 1 unspecified atom stereocenters. The third kappa shape index (κ3) is 3.29. The number of hydrogen-bond acceptors (Lipinski definition) is 3. The molecule has 1 atom stereocenters. The highest BCUT2D eigenvalue weighted by Gasteiger charge is 2.27. The minimum Gasteiger partial charge on any atom is -0.369 e. The highest BCUT2D eigenvalue weighted by atomic mass is 127. The zero-order valence-electron chi connectivity index (χ0n) is 9.93. The van der Waals surface area contributed by atoms with Crippen molar-refractivity contribution in [3.8, 4) is 0 Å². The number of benzene rings is 1. The summed E-state index contributed by atoms with van der Waals surface area (Å²) in [6.07, 6.45) is 0.759. The molecule has 1 amide bonds. The van der Waals surface area contributed by atoms with Crippen molar-refractivity contribution < 1.29 is 9.59 Å². The van der Waals surface area contributed by atoms with Gasteiger partial charge in [0.1, 0.15) is 0 Å². The van der Waals surface area contributed by atoms with Crippen LogP contribution in [0.4, 0.5) is 0 Å². The first-order chi connectivity index (χ1) is 8.56. The van der Waals surface area contributed by atoms with Crippen molar-refractivity contribution in [2.75, 3.05) is 19.6 Å². The Morgan fingerprint density at radius 2 is 2.00 bits per heavy atom. The van der Waals surface area contributed by atoms with Gasteiger partial charge < -0.3 is 5.73 Å². The number of primary amides is 1. The van der Waals surface area contributed by atoms with E-state index in [1.54, 1.807) is 0 Å². The molecule has 18 heavy (non-hydrogen) atoms. The standard InChI is InChI=1S/C13H15IN2O2/c14-11-3-1-9(2-4-11)12(17)8-16-6-5-10(7-16)13(15)18/h1-4,10H,5-8H2,(H2,15,18). The van der Waals surface area contributed by atoms with E-state index in [4.69, 9.17) is 5.73 Å². The summed E-state index contributed by atoms with van der Waals surface area (Å²) in [7, 11) is 0. The van der Waals surface area contributed by atoms with Gasteiger partial charge in [-0.2, -0.15) is 0 Å². The van der Waals surface area contributed by atoms with Crippen molar-refractivity contribution in [3.63, 3.8) is 0 Å². The van der Waals surface area contributed by atoms with Crippen molar-refractivity contribution in [3.05, 3.63) is 33.4 Å². The molecule has 96 valence electrons. The topological polar surface area (TPSA) is 63.4 Å². The Kier molecular flexibility index (Phi) is 4.34. The van der Waals surface area contributed by atoms with Crippen molar-refractivity contribution in [1.29, 1.82) is 0 Å². The molecule has 1 heterocycles. The number of amides is 1. The maximum Gasteiger partial charge on any atom is 0.221 e. The van der Waals surface area contributed by atoms with Gasteiger partial charge in [0, 0.05) is 15.7 Å². The molecule has 1 aromatic carbocycles. The number of carbonyl (C=O) groups is 2. The molecule has 0 saturated carbocycles. The largest absolute Gasteiger partial charge is 0.369 e. The number of halogens is 1. The monoisotopic (exact) mass is 358 g/mol. The number of carbonyl (C=O) groups excluding carboxylic acids is 2. The molecule has 2 N–H and O–H groups in total. The van der Waals surface area contributed by atoms with Crippen LogP contribution in [0.1, 0.15) is 16.8 Å². The summed E-state index contributed by atoms with van der Waals surface area (Å²) < 4.78 is 1.11. The fourth-order valence-corrected chi connectivity index (χ4v) is 2.50. The van der Waals surface area contributed by atoms with Gasteiger partial charge in [-0.1, -0.05) is 12.1 Å². The van der Waals surface area contributed by atoms with E-state index in [2.05, 4.69) is 22.6 Å². The van der Waals surface area contributed by atoms with Crippen molar-refractivity contribution in [1.82, 2.24) is 4.90 Å². The maximum absolute atomic E-state index is 12.0. The normalized spacial score (nSPS) is 19.9. The lowest BCUT2D eigenvalue weighted by atomic mass is 10.1. The first-order valence-corrected chi connectivity index (χ1v) is 6.94. The van der Waals surface area contributed by atoms with Gasteiger partial charge in [-0.3, -0.25) is 14.5 Å². The molecule has 1 aromatic rings. The highest BCUT2D eigenvalue weighted by Crippen LogP contribution is 2.16. The van der Waals surface area contributed by atoms with Gasteiger partial charge in [0.15, 0.2) is 5.78 Å². The Morgan fingerprint density at radius 3 is 2.56 bits per heavy atom. The van der Waals surface area contributed by atoms with Crippen LogP contribution in [0, 0.1) is 9.49 Å². The van der Waals surface area contributed by atoms with E-state index in [0.717, 1.165) is 22.1 Å². The number of hydrogen-bond donors (Lipinski definition) is 1. The highest BCUT2D eigenvalue weighted by molar-refractivity contribution is 14.1. The summed E-state index contributed by atoms with van der Waals surface area (Å²) >= 11 is 2.21. The molecule has 0 bridgehead atoms. The van der Waals surface area contributed by atoms with E-state index in [1.165, 1.54) is 0 Å². The van der Waals surface area contributed by atoms with E-state index in [1.807, 2.05) is 29.2 Å². The van der Waals surface area contributed by atoms with Gasteiger partial charge in [0.2, 0.25) is 5.91 Å². The minimum atomic E-state index is -0.265. The van der Waals surface area contributed by atoms with Crippen molar-refractivity contribution in [2.45, 2.75) is 6.42 Å². The van der Waals surface area contributed by atoms with Crippen molar-refractivity contribution in [2.24, 2.45) is 11.7 Å². The number of rotatable bonds is 4. The molecule has 0 aromatic heterocycles. The van der Waals surface area contributed by atoms with Gasteiger partial charge >= 0.3 is 0 Å². The van der Waals surface area contributed by atoms with Crippen molar-refractivity contribution >= 4 is 34.3 Å². The summed E-state index contributed by atoms with van der Waals surface area (Å²) in [5.41, 5.74) is 5.99. The fourth-order valence-electron chi connectivity index (χ4n) is 2.14. The third-order valence-corrected chi connectivity index (χ3v) is 3.93. The zero-order chi connectivity index (χ0) is 13.1. The van der Waals surface area contributed by atoms with Crippen LogP contribution in [0.3, 0.4) is 0 Å². The Balaban J connectivity index is 1.92. The zero-order valence-corrected chi connectivity index (χ0v) is 12.1. The van der Waals surface area contributed by atoms with Crippen LogP contribution in [0.25, 0.3) is 0 Å². The molecule has 2 rings (SSSR count). The average molecular weight is 358 g/mol. The number of ketones is 1. The van der Waals surface area contributed by atoms with Gasteiger partial charge in [-0.15, -0.1) is 0 Å². The second kappa shape index (κ2) is 5.79. The summed E-state index contributed by atoms with van der Waals surface area (Å²) in [4.78, 5) is 25.1. The van der Waals surface area contributed by atoms with Crippen LogP contribution in [0.5, 0.6) is 0 Å². The first kappa shape index (κ1) is 13.5. The molecule has 0 spiro atoms. The lowest BCUT2D eigenvalue weighted by molar-refractivity contribution is -0.121. The van der Waals surface area contributed by atoms with Gasteiger partial charge in [0.25, 0.3) is 0 Å². The summed E-state index contributed by atoms with van der Waals surface area (Å²) in [6, 6.07) is 7.52. The minimum absolute atomic E-state index is 0.0940. The van der Waals surface area contributed by atoms with Crippen LogP contribution < -0.4 is 5.73 Å². The maximum atomic E-state index is 12.0. The van der Waals surface area contributed by atoms with Crippen LogP contribution in [-0.2, 0) is 4.79 Å². The van der Waals surface area contributed by atoms with E-state index < -0.39 is 0 Å². The molecule has 1 saturated heterocycles. The summed E-state index contributed by atoms with van der Waals surface area (Å²) in [5.74, 6) is -0.273. The molecule has 1 aliphatic heterocycles. The summed E-state index contributed by atoms with van der Waals surface area (Å²) in [5, 5.41) is 0. The first-order valence-electron chi connectivity index (χ1n) is 5.86. The molecule has 1 fully saturated rings. The van der Waals surface area contributed by atoms with Crippen LogP contribution >= 0.6 is 22.6 Å². The molecular weight excluding hydrogens is 343 g/mol. The average Bonchev–Trinajstić information content (AvgIpc) is 2.78.